The second-order valence-electron chi connectivity index (χ2n) is 3.85. The summed E-state index contributed by atoms with van der Waals surface area (Å²) in [7, 11) is -8.21. The van der Waals surface area contributed by atoms with Crippen molar-refractivity contribution in [2.45, 2.75) is 24.0 Å². The molecule has 12 heteroatoms. The Kier molecular flexibility index (Phi) is 4.86. The van der Waals surface area contributed by atoms with E-state index in [-0.39, 0.29) is 0 Å². The Labute approximate surface area is 103 Å². The van der Waals surface area contributed by atoms with E-state index in [1.807, 2.05) is 4.98 Å². The molecular weight excluding hydrogens is 287 g/mol. The molecule has 1 heterocycles. The number of hydrogen-bond donors (Lipinski definition) is 7. The summed E-state index contributed by atoms with van der Waals surface area (Å²) in [5, 5.41) is 27.9. The van der Waals surface area contributed by atoms with Gasteiger partial charge in [-0.2, -0.15) is 0 Å². The SMILES string of the molecule is NC(=O)N[SiH](C1O[C@H](CO)[C@@H](O)[C@H]1O)P(=O)(O)O. The number of nitrogens with two attached hydrogens (primary N) is 1. The van der Waals surface area contributed by atoms with Crippen LogP contribution < -0.4 is 10.7 Å². The monoisotopic (exact) mass is 302 g/mol. The van der Waals surface area contributed by atoms with Gasteiger partial charge in [-0.15, -0.1) is 0 Å². The minimum absolute atomic E-state index is 0.631. The molecule has 106 valence electrons. The number of rotatable bonds is 4. The Hall–Kier alpha value is -0.523. The molecule has 1 rings (SSSR count). The highest BCUT2D eigenvalue weighted by atomic mass is 31.4. The van der Waals surface area contributed by atoms with Crippen molar-refractivity contribution in [2.24, 2.45) is 5.73 Å². The normalized spacial score (nSPS) is 34.3. The number of carbonyl (C=O) groups is 1. The lowest BCUT2D eigenvalue weighted by Gasteiger charge is -2.24. The van der Waals surface area contributed by atoms with Gasteiger partial charge < -0.3 is 40.6 Å². The summed E-state index contributed by atoms with van der Waals surface area (Å²) >= 11 is 0. The highest BCUT2D eigenvalue weighted by molar-refractivity contribution is 7.86. The van der Waals surface area contributed by atoms with Gasteiger partial charge in [0.25, 0.3) is 0 Å². The minimum atomic E-state index is -4.73. The third-order valence-corrected chi connectivity index (χ3v) is 8.46. The van der Waals surface area contributed by atoms with Crippen molar-refractivity contribution in [1.82, 2.24) is 4.98 Å². The Bertz CT molecular complexity index is 363. The lowest BCUT2D eigenvalue weighted by Crippen LogP contribution is -2.54. The van der Waals surface area contributed by atoms with Crippen molar-refractivity contribution in [1.29, 1.82) is 0 Å². The molecule has 1 aliphatic rings. The fraction of sp³-hybridized carbons (Fsp3) is 0.833. The molecule has 1 fully saturated rings. The van der Waals surface area contributed by atoms with Crippen LogP contribution in [-0.2, 0) is 9.30 Å². The van der Waals surface area contributed by atoms with Gasteiger partial charge in [-0.3, -0.25) is 9.36 Å². The number of nitrogens with one attached hydrogen (secondary N) is 1. The zero-order valence-electron chi connectivity index (χ0n) is 9.08. The molecule has 0 aromatic heterocycles. The summed E-state index contributed by atoms with van der Waals surface area (Å²) in [5.74, 6) is 0. The summed E-state index contributed by atoms with van der Waals surface area (Å²) in [4.78, 5) is 30.8. The molecule has 5 atom stereocenters. The van der Waals surface area contributed by atoms with Crippen LogP contribution in [0.1, 0.15) is 0 Å². The molecule has 1 saturated heterocycles. The van der Waals surface area contributed by atoms with Crippen molar-refractivity contribution in [3.8, 4) is 0 Å². The average Bonchev–Trinajstić information content (AvgIpc) is 2.51. The number of aliphatic hydroxyl groups excluding tert-OH is 3. The van der Waals surface area contributed by atoms with Gasteiger partial charge in [-0.25, -0.2) is 0 Å². The van der Waals surface area contributed by atoms with Gasteiger partial charge in [-0.05, 0) is 0 Å². The van der Waals surface area contributed by atoms with Gasteiger partial charge in [0, 0.05) is 0 Å². The molecule has 0 aromatic carbocycles. The highest BCUT2D eigenvalue weighted by Gasteiger charge is 2.53. The summed E-state index contributed by atoms with van der Waals surface area (Å²) < 4.78 is 16.2. The van der Waals surface area contributed by atoms with Gasteiger partial charge in [-0.1, -0.05) is 0 Å². The Morgan fingerprint density at radius 1 is 1.39 bits per heavy atom. The molecule has 10 nitrogen and oxygen atoms in total. The fourth-order valence-electron chi connectivity index (χ4n) is 1.69. The molecule has 0 radical (unpaired) electrons. The van der Waals surface area contributed by atoms with Crippen molar-refractivity contribution in [3.05, 3.63) is 0 Å². The maximum Gasteiger partial charge on any atom is 0.315 e. The first-order valence-electron chi connectivity index (χ1n) is 4.92. The Morgan fingerprint density at radius 2 is 1.94 bits per heavy atom. The Balaban J connectivity index is 2.94. The van der Waals surface area contributed by atoms with E-state index in [1.165, 1.54) is 0 Å². The zero-order valence-corrected chi connectivity index (χ0v) is 11.1. The predicted octanol–water partition coefficient (Wildman–Crippen LogP) is -3.93. The largest absolute Gasteiger partial charge is 0.394 e. The predicted molar refractivity (Wildman–Crippen MR) is 59.7 cm³/mol. The molecule has 2 amide bonds. The van der Waals surface area contributed by atoms with Crippen LogP contribution in [0, 0.1) is 0 Å². The smallest absolute Gasteiger partial charge is 0.315 e. The molecular formula is C6H15N2O8PSi. The van der Waals surface area contributed by atoms with Crippen LogP contribution in [0.4, 0.5) is 4.79 Å². The number of amides is 2. The number of ether oxygens (including phenoxy) is 1. The van der Waals surface area contributed by atoms with Crippen LogP contribution in [0.25, 0.3) is 0 Å². The lowest BCUT2D eigenvalue weighted by atomic mass is 10.2. The third-order valence-electron chi connectivity index (χ3n) is 2.54. The van der Waals surface area contributed by atoms with E-state index < -0.39 is 52.4 Å². The van der Waals surface area contributed by atoms with Gasteiger partial charge >= 0.3 is 21.8 Å². The standard InChI is InChI=1S/C6H15N2O8PSi/c7-6(12)8-18(17(13,14)15)5-4(11)3(10)2(1-9)16-5/h2-5,9-11,18H,1H2,(H3,7,8,12)(H2,13,14,15)/t2-,3-,4-,5?,18?/m1/s1. The quantitative estimate of drug-likeness (QED) is 0.203. The summed E-state index contributed by atoms with van der Waals surface area (Å²) in [5.41, 5.74) is 3.36. The molecule has 2 unspecified atom stereocenters. The summed E-state index contributed by atoms with van der Waals surface area (Å²) in [6, 6.07) is -1.16. The zero-order chi connectivity index (χ0) is 14.1. The van der Waals surface area contributed by atoms with Crippen LogP contribution in [0.2, 0.25) is 0 Å². The van der Waals surface area contributed by atoms with Gasteiger partial charge in [0.2, 0.25) is 0 Å². The van der Waals surface area contributed by atoms with Crippen LogP contribution in [0.5, 0.6) is 0 Å². The van der Waals surface area contributed by atoms with Gasteiger partial charge in [0.15, 0.2) is 0 Å². The molecule has 18 heavy (non-hydrogen) atoms. The minimum Gasteiger partial charge on any atom is -0.394 e. The van der Waals surface area contributed by atoms with E-state index in [2.05, 4.69) is 0 Å². The lowest BCUT2D eigenvalue weighted by molar-refractivity contribution is -0.00937. The van der Waals surface area contributed by atoms with Crippen LogP contribution in [-0.4, -0.2) is 70.4 Å². The van der Waals surface area contributed by atoms with Crippen molar-refractivity contribution >= 4 is 21.8 Å². The van der Waals surface area contributed by atoms with Crippen LogP contribution in [0.15, 0.2) is 0 Å². The number of aliphatic hydroxyl groups is 3. The van der Waals surface area contributed by atoms with E-state index in [4.69, 9.17) is 25.4 Å². The summed E-state index contributed by atoms with van der Waals surface area (Å²) in [6.45, 7) is -0.631. The van der Waals surface area contributed by atoms with Crippen molar-refractivity contribution < 1.29 is 39.2 Å². The molecule has 1 aliphatic heterocycles. The van der Waals surface area contributed by atoms with E-state index in [0.29, 0.717) is 0 Å². The number of hydrogen-bond acceptors (Lipinski definition) is 6. The second-order valence-corrected chi connectivity index (χ2v) is 10.5. The maximum atomic E-state index is 11.3. The fourth-order valence-corrected chi connectivity index (χ4v) is 6.43. The molecule has 0 aliphatic carbocycles. The number of primary amides is 1. The van der Waals surface area contributed by atoms with Gasteiger partial charge in [0.05, 0.1) is 6.61 Å². The first-order valence-corrected chi connectivity index (χ1v) is 9.39. The van der Waals surface area contributed by atoms with E-state index >= 15 is 0 Å². The topological polar surface area (TPSA) is 183 Å². The number of urea groups is 1. The van der Waals surface area contributed by atoms with E-state index in [9.17, 15) is 19.6 Å². The molecule has 8 N–H and O–H groups in total. The van der Waals surface area contributed by atoms with E-state index in [0.717, 1.165) is 0 Å². The first-order chi connectivity index (χ1) is 8.18. The van der Waals surface area contributed by atoms with Crippen molar-refractivity contribution in [3.63, 3.8) is 0 Å². The van der Waals surface area contributed by atoms with Crippen LogP contribution in [0.3, 0.4) is 0 Å². The average molecular weight is 302 g/mol. The van der Waals surface area contributed by atoms with Gasteiger partial charge in [0.1, 0.15) is 24.0 Å². The van der Waals surface area contributed by atoms with Crippen LogP contribution >= 0.6 is 7.14 Å². The summed E-state index contributed by atoms with van der Waals surface area (Å²) in [6.07, 6.45) is -4.27. The van der Waals surface area contributed by atoms with E-state index in [1.54, 1.807) is 0 Å². The second kappa shape index (κ2) is 5.63. The highest BCUT2D eigenvalue weighted by Crippen LogP contribution is 2.42. The third kappa shape index (κ3) is 3.27. The molecule has 0 saturated carbocycles. The Morgan fingerprint density at radius 3 is 2.28 bits per heavy atom. The molecule has 0 aromatic rings. The molecule has 0 bridgehead atoms. The maximum absolute atomic E-state index is 11.3. The van der Waals surface area contributed by atoms with Crippen molar-refractivity contribution in [2.75, 3.05) is 6.61 Å². The first kappa shape index (κ1) is 15.5. The number of carbonyl (C=O) groups excluding carboxylic acids is 1. The molecule has 0 spiro atoms.